The number of carbonyl (C=O) groups is 2. The van der Waals surface area contributed by atoms with Gasteiger partial charge in [-0.2, -0.15) is 18.3 Å². The van der Waals surface area contributed by atoms with Gasteiger partial charge < -0.3 is 10.6 Å². The van der Waals surface area contributed by atoms with Crippen LogP contribution in [0.25, 0.3) is 0 Å². The molecule has 2 N–H and O–H groups in total. The maximum Gasteiger partial charge on any atom is 0.435 e. The SMILES string of the molecule is CNC(=O)c1cc(Br)cc(C)c1NC(=O)c1cc(C(F)(F)F)nn1CC(F)F. The molecule has 2 rings (SSSR count). The molecule has 28 heavy (non-hydrogen) atoms. The topological polar surface area (TPSA) is 76.0 Å². The molecule has 0 atom stereocenters. The molecular weight excluding hydrogens is 455 g/mol. The number of amides is 2. The molecule has 1 aromatic heterocycles. The molecule has 6 nitrogen and oxygen atoms in total. The molecule has 0 saturated carbocycles. The Morgan fingerprint density at radius 2 is 1.86 bits per heavy atom. The van der Waals surface area contributed by atoms with E-state index in [0.717, 1.165) is 0 Å². The maximum atomic E-state index is 12.9. The minimum atomic E-state index is -4.91. The third-order valence-corrected chi connectivity index (χ3v) is 4.08. The first kappa shape index (κ1) is 21.8. The van der Waals surface area contributed by atoms with Crippen LogP contribution in [0.5, 0.6) is 0 Å². The predicted octanol–water partition coefficient (Wildman–Crippen LogP) is 3.85. The molecule has 2 aromatic rings. The summed E-state index contributed by atoms with van der Waals surface area (Å²) in [5.74, 6) is -1.67. The fraction of sp³-hybridized carbons (Fsp3) is 0.312. The zero-order chi connectivity index (χ0) is 21.2. The predicted molar refractivity (Wildman–Crippen MR) is 93.5 cm³/mol. The Morgan fingerprint density at radius 3 is 2.39 bits per heavy atom. The summed E-state index contributed by atoms with van der Waals surface area (Å²) >= 11 is 3.20. The Hall–Kier alpha value is -2.50. The highest BCUT2D eigenvalue weighted by molar-refractivity contribution is 9.10. The fourth-order valence-electron chi connectivity index (χ4n) is 2.41. The average Bonchev–Trinajstić information content (AvgIpc) is 2.99. The summed E-state index contributed by atoms with van der Waals surface area (Å²) in [5, 5.41) is 7.75. The number of alkyl halides is 5. The van der Waals surface area contributed by atoms with Gasteiger partial charge in [0, 0.05) is 17.6 Å². The minimum absolute atomic E-state index is 0.0332. The number of carbonyl (C=O) groups excluding carboxylic acids is 2. The van der Waals surface area contributed by atoms with E-state index in [1.807, 2.05) is 0 Å². The second kappa shape index (κ2) is 8.25. The summed E-state index contributed by atoms with van der Waals surface area (Å²) in [4.78, 5) is 24.6. The Kier molecular flexibility index (Phi) is 6.42. The minimum Gasteiger partial charge on any atom is -0.355 e. The van der Waals surface area contributed by atoms with Crippen molar-refractivity contribution in [2.75, 3.05) is 12.4 Å². The number of hydrogen-bond acceptors (Lipinski definition) is 3. The fourth-order valence-corrected chi connectivity index (χ4v) is 2.98. The van der Waals surface area contributed by atoms with Crippen molar-refractivity contribution in [1.29, 1.82) is 0 Å². The van der Waals surface area contributed by atoms with Crippen LogP contribution < -0.4 is 10.6 Å². The molecular formula is C16H14BrF5N4O2. The zero-order valence-electron chi connectivity index (χ0n) is 14.5. The molecule has 0 saturated heterocycles. The summed E-state index contributed by atoms with van der Waals surface area (Å²) in [6.07, 6.45) is -7.94. The second-order valence-corrected chi connectivity index (χ2v) is 6.58. The number of aromatic nitrogens is 2. The lowest BCUT2D eigenvalue weighted by Crippen LogP contribution is -2.24. The van der Waals surface area contributed by atoms with Crippen molar-refractivity contribution in [3.63, 3.8) is 0 Å². The van der Waals surface area contributed by atoms with Gasteiger partial charge in [-0.05, 0) is 24.6 Å². The van der Waals surface area contributed by atoms with Gasteiger partial charge in [0.1, 0.15) is 12.2 Å². The van der Waals surface area contributed by atoms with Crippen LogP contribution >= 0.6 is 15.9 Å². The lowest BCUT2D eigenvalue weighted by molar-refractivity contribution is -0.141. The van der Waals surface area contributed by atoms with Gasteiger partial charge in [-0.3, -0.25) is 14.3 Å². The van der Waals surface area contributed by atoms with Gasteiger partial charge in [-0.15, -0.1) is 0 Å². The van der Waals surface area contributed by atoms with E-state index in [-0.39, 0.29) is 15.9 Å². The first-order valence-electron chi connectivity index (χ1n) is 7.70. The van der Waals surface area contributed by atoms with Gasteiger partial charge in [0.15, 0.2) is 5.69 Å². The third kappa shape index (κ3) is 4.86. The van der Waals surface area contributed by atoms with Crippen LogP contribution in [0.4, 0.5) is 27.6 Å². The number of anilines is 1. The van der Waals surface area contributed by atoms with Crippen molar-refractivity contribution in [2.45, 2.75) is 26.1 Å². The Bertz CT molecular complexity index is 911. The normalized spacial score (nSPS) is 11.6. The lowest BCUT2D eigenvalue weighted by Gasteiger charge is -2.14. The molecule has 152 valence electrons. The summed E-state index contributed by atoms with van der Waals surface area (Å²) in [6.45, 7) is 0.366. The monoisotopic (exact) mass is 468 g/mol. The van der Waals surface area contributed by atoms with Gasteiger partial charge in [0.25, 0.3) is 18.2 Å². The van der Waals surface area contributed by atoms with Gasteiger partial charge >= 0.3 is 6.18 Å². The summed E-state index contributed by atoms with van der Waals surface area (Å²) in [5.41, 5.74) is -1.68. The van der Waals surface area contributed by atoms with Crippen LogP contribution in [0.15, 0.2) is 22.7 Å². The van der Waals surface area contributed by atoms with Crippen LogP contribution in [-0.2, 0) is 12.7 Å². The number of nitrogens with zero attached hydrogens (tertiary/aromatic N) is 2. The molecule has 0 radical (unpaired) electrons. The number of benzene rings is 1. The number of hydrogen-bond donors (Lipinski definition) is 2. The summed E-state index contributed by atoms with van der Waals surface area (Å²) < 4.78 is 64.8. The number of aryl methyl sites for hydroxylation is 1. The van der Waals surface area contributed by atoms with Crippen LogP contribution in [0, 0.1) is 6.92 Å². The van der Waals surface area contributed by atoms with E-state index in [1.165, 1.54) is 13.1 Å². The van der Waals surface area contributed by atoms with E-state index in [4.69, 9.17) is 0 Å². The molecule has 0 unspecified atom stereocenters. The molecule has 1 heterocycles. The van der Waals surface area contributed by atoms with E-state index in [9.17, 15) is 31.5 Å². The molecule has 0 aliphatic carbocycles. The van der Waals surface area contributed by atoms with E-state index in [2.05, 4.69) is 31.7 Å². The van der Waals surface area contributed by atoms with Crippen LogP contribution in [0.3, 0.4) is 0 Å². The Morgan fingerprint density at radius 1 is 1.21 bits per heavy atom. The quantitative estimate of drug-likeness (QED) is 0.654. The van der Waals surface area contributed by atoms with Crippen LogP contribution in [-0.4, -0.2) is 35.1 Å². The Labute approximate surface area is 164 Å². The molecule has 0 fully saturated rings. The van der Waals surface area contributed by atoms with Crippen LogP contribution in [0.1, 0.15) is 32.1 Å². The van der Waals surface area contributed by atoms with Crippen molar-refractivity contribution in [3.05, 3.63) is 45.2 Å². The zero-order valence-corrected chi connectivity index (χ0v) is 16.1. The first-order chi connectivity index (χ1) is 12.9. The maximum absolute atomic E-state index is 12.9. The number of nitrogens with one attached hydrogen (secondary N) is 2. The summed E-state index contributed by atoms with van der Waals surface area (Å²) in [6, 6.07) is 3.35. The van der Waals surface area contributed by atoms with Crippen LogP contribution in [0.2, 0.25) is 0 Å². The highest BCUT2D eigenvalue weighted by Gasteiger charge is 2.36. The van der Waals surface area contributed by atoms with E-state index < -0.39 is 42.3 Å². The van der Waals surface area contributed by atoms with E-state index >= 15 is 0 Å². The molecule has 0 aliphatic heterocycles. The molecule has 0 spiro atoms. The van der Waals surface area contributed by atoms with Gasteiger partial charge in [0.2, 0.25) is 0 Å². The number of halogens is 6. The van der Waals surface area contributed by atoms with Crippen molar-refractivity contribution in [1.82, 2.24) is 15.1 Å². The van der Waals surface area contributed by atoms with Crippen molar-refractivity contribution in [3.8, 4) is 0 Å². The van der Waals surface area contributed by atoms with E-state index in [0.29, 0.717) is 16.1 Å². The van der Waals surface area contributed by atoms with Gasteiger partial charge in [-0.1, -0.05) is 15.9 Å². The van der Waals surface area contributed by atoms with Gasteiger partial charge in [-0.25, -0.2) is 8.78 Å². The standard InChI is InChI=1S/C16H14BrF5N4O2/c1-7-3-8(17)4-9(14(27)23-2)13(7)24-15(28)10-5-11(16(20,21)22)25-26(10)6-12(18)19/h3-5,12H,6H2,1-2H3,(H,23,27)(H,24,28). The average molecular weight is 469 g/mol. The Balaban J connectivity index is 2.48. The number of rotatable bonds is 5. The van der Waals surface area contributed by atoms with Crippen molar-refractivity contribution >= 4 is 33.4 Å². The van der Waals surface area contributed by atoms with Crippen molar-refractivity contribution in [2.24, 2.45) is 0 Å². The highest BCUT2D eigenvalue weighted by atomic mass is 79.9. The summed E-state index contributed by atoms with van der Waals surface area (Å²) in [7, 11) is 1.36. The third-order valence-electron chi connectivity index (χ3n) is 3.62. The van der Waals surface area contributed by atoms with Crippen molar-refractivity contribution < 1.29 is 31.5 Å². The second-order valence-electron chi connectivity index (χ2n) is 5.66. The first-order valence-corrected chi connectivity index (χ1v) is 8.50. The smallest absolute Gasteiger partial charge is 0.355 e. The highest BCUT2D eigenvalue weighted by Crippen LogP contribution is 2.30. The molecule has 12 heteroatoms. The molecule has 1 aromatic carbocycles. The van der Waals surface area contributed by atoms with E-state index in [1.54, 1.807) is 13.0 Å². The lowest BCUT2D eigenvalue weighted by atomic mass is 10.1. The van der Waals surface area contributed by atoms with Gasteiger partial charge in [0.05, 0.1) is 11.3 Å². The molecule has 0 bridgehead atoms. The molecule has 0 aliphatic rings. The largest absolute Gasteiger partial charge is 0.435 e. The molecule has 2 amide bonds.